The van der Waals surface area contributed by atoms with Gasteiger partial charge in [-0.05, 0) is 0 Å². The average Bonchev–Trinajstić information content (AvgIpc) is 2.35. The van der Waals surface area contributed by atoms with Crippen LogP contribution in [0.4, 0.5) is 0 Å². The Labute approximate surface area is 343 Å². The molecule has 364 valence electrons. The van der Waals surface area contributed by atoms with E-state index in [2.05, 4.69) is 0 Å². The summed E-state index contributed by atoms with van der Waals surface area (Å²) >= 11 is 0. The summed E-state index contributed by atoms with van der Waals surface area (Å²) in [6, 6.07) is 0. The lowest BCUT2D eigenvalue weighted by molar-refractivity contribution is 1.49. The maximum absolute atomic E-state index is 8.22. The normalized spacial score (nSPS) is 2.00. The van der Waals surface area contributed by atoms with Crippen LogP contribution in [0.3, 0.4) is 0 Å². The molecular formula is C35H147N7O7. The zero-order chi connectivity index (χ0) is 18.9. The summed E-state index contributed by atoms with van der Waals surface area (Å²) in [4.78, 5) is 57.6. The van der Waals surface area contributed by atoms with Gasteiger partial charge in [-0.2, -0.15) is 34.3 Å². The monoisotopic (exact) mass is 785 g/mol. The average molecular weight is 786 g/mol. The van der Waals surface area contributed by atoms with Gasteiger partial charge in [-0.25, -0.2) is 0 Å². The lowest BCUT2D eigenvalue weighted by Crippen LogP contribution is -0.649. The van der Waals surface area contributed by atoms with Crippen molar-refractivity contribution >= 4 is 0 Å². The third-order valence-electron chi connectivity index (χ3n) is 0. The standard InChI is InChI=1S/35CH4.7HNO/c;;;;;;;;;;;;;;;;;;;;;;;;;;;;;;;;;;;7*1-2/h35*1H4;7*1H/i;;;;;;;;;;;;;;;;;;;;;;;;;;;;;;;;;;;7*1D. The molecule has 0 aromatic rings. The molecule has 14 heteroatoms. The van der Waals surface area contributed by atoms with Gasteiger partial charge in [-0.1, -0.05) is 299 Å². The summed E-state index contributed by atoms with van der Waals surface area (Å²) < 4.78 is 36.9. The number of hydrogen-bond donors (Lipinski definition) is 7. The van der Waals surface area contributed by atoms with Gasteiger partial charge in [0, 0.05) is 0 Å². The quantitative estimate of drug-likeness (QED) is 0.116. The molecule has 0 unspecified atom stereocenters. The maximum atomic E-state index is 8.22. The van der Waals surface area contributed by atoms with Gasteiger partial charge in [0.2, 0.25) is 9.88 Å². The third kappa shape index (κ3) is 10800. The molecule has 0 spiro atoms. The van der Waals surface area contributed by atoms with Crippen LogP contribution in [0, 0.1) is 73.5 Å². The molecule has 7 N–H and O–H groups in total. The molecule has 14 nitrogen and oxygen atoms in total. The minimum atomic E-state index is 0. The number of nitroso groups, excluding NO2 is 7. The Morgan fingerprint density at radius 2 is 0.143 bits per heavy atom. The van der Waals surface area contributed by atoms with E-state index in [1.54, 1.807) is 0 Å². The Hall–Kier alpha value is -2.80. The lowest BCUT2D eigenvalue weighted by Gasteiger charge is -0.827. The van der Waals surface area contributed by atoms with E-state index in [1.807, 2.05) is 0 Å². The fourth-order valence-corrected chi connectivity index (χ4v) is 0. The first-order valence-electron chi connectivity index (χ1n) is 4.41. The van der Waals surface area contributed by atoms with E-state index in [9.17, 15) is 0 Å². The Morgan fingerprint density at radius 3 is 0.143 bits per heavy atom. The van der Waals surface area contributed by atoms with Gasteiger partial charge < -0.3 is 0 Å². The first-order chi connectivity index (χ1) is 9.90. The summed E-state index contributed by atoms with van der Waals surface area (Å²) in [5, 5.41) is 0. The summed E-state index contributed by atoms with van der Waals surface area (Å²) in [7, 11) is 0. The molecule has 0 saturated heterocycles. The van der Waals surface area contributed by atoms with Gasteiger partial charge in [-0.3, -0.25) is 0 Å². The summed E-state index contributed by atoms with van der Waals surface area (Å²) in [6.07, 6.45) is 0. The summed E-state index contributed by atoms with van der Waals surface area (Å²) in [5.74, 6) is 0. The molecule has 0 aromatic carbocycles. The van der Waals surface area contributed by atoms with E-state index in [4.69, 9.17) is 44.2 Å². The molecule has 0 rings (SSSR count). The Kier molecular flexibility index (Phi) is 173000. The van der Waals surface area contributed by atoms with Crippen molar-refractivity contribution in [2.24, 2.45) is 0 Å². The van der Waals surface area contributed by atoms with E-state index >= 15 is 0 Å². The highest BCUT2D eigenvalue weighted by Crippen LogP contribution is 0.779. The van der Waals surface area contributed by atoms with Crippen molar-refractivity contribution in [3.8, 4) is 0 Å². The minimum Gasteiger partial charge on any atom is -0.154 e. The molecule has 0 atom stereocenters. The molecule has 0 aliphatic rings. The highest BCUT2D eigenvalue weighted by atomic mass is 16.2. The van der Waals surface area contributed by atoms with Crippen molar-refractivity contribution in [2.45, 2.75) is 260 Å². The van der Waals surface area contributed by atoms with Crippen molar-refractivity contribution in [1.82, 2.24) is 0 Å². The molecule has 0 heterocycles. The van der Waals surface area contributed by atoms with Crippen LogP contribution in [0.1, 0.15) is 260 Å². The maximum Gasteiger partial charge on any atom is 0.239 e. The Morgan fingerprint density at radius 1 is 0.143 bits per heavy atom. The second kappa shape index (κ2) is 11300. The van der Waals surface area contributed by atoms with Crippen molar-refractivity contribution in [3.05, 3.63) is 34.3 Å². The van der Waals surface area contributed by atoms with Crippen molar-refractivity contribution in [2.75, 3.05) is 0 Å². The van der Waals surface area contributed by atoms with Crippen molar-refractivity contribution in [3.63, 3.8) is 0 Å². The molecule has 0 saturated carbocycles. The molecule has 49 heavy (non-hydrogen) atoms. The van der Waals surface area contributed by atoms with Crippen LogP contribution < -0.4 is 0 Å². The smallest absolute Gasteiger partial charge is 0.154 e. The SMILES string of the molecule is C.C.C.C.C.C.C.C.C.C.C.C.C.C.C.C.C.C.C.C.C.C.C.C.C.C.C.C.C.C.C.C.C.C.C.[2H]N=O.[2H]N=O.[2H]N=O.[2H]N=O.[2H]N=O.[2H]N=O.[2H]N=O. The highest BCUT2D eigenvalue weighted by Gasteiger charge is 0.601. The third-order valence-corrected chi connectivity index (χ3v) is 0. The second-order valence-corrected chi connectivity index (χ2v) is 0. The lowest BCUT2D eigenvalue weighted by atomic mass is 12.0. The van der Waals surface area contributed by atoms with Crippen LogP contribution in [0.15, 0.2) is 0 Å². The van der Waals surface area contributed by atoms with Crippen molar-refractivity contribution in [1.29, 1.82) is 39.1 Å². The van der Waals surface area contributed by atoms with Gasteiger partial charge in [-0.15, -0.1) is 0 Å². The summed E-state index contributed by atoms with van der Waals surface area (Å²) in [6.45, 7) is 0. The molecule has 0 aromatic heterocycles. The predicted octanol–water partition coefficient (Wildman–Crippen LogP) is 24.6. The molecule has 0 aliphatic carbocycles. The molecule has 0 amide bonds. The van der Waals surface area contributed by atoms with Gasteiger partial charge in [0.05, 0.1) is 0 Å². The van der Waals surface area contributed by atoms with Crippen LogP contribution in [0.25, 0.3) is 0 Å². The minimum absolute atomic E-state index is 0. The van der Waals surface area contributed by atoms with Crippen LogP contribution >= 0.6 is 0 Å². The fraction of sp³-hybridized carbons (Fsp3) is 1.00. The fourth-order valence-electron chi connectivity index (χ4n) is 0. The predicted molar refractivity (Wildman–Crippen MR) is 278 cm³/mol. The molecule has 0 aliphatic heterocycles. The molecular weight excluding hydrogens is 630 g/mol. The zero-order valence-corrected chi connectivity index (χ0v) is 5.99. The van der Waals surface area contributed by atoms with Crippen LogP contribution in [0.5, 0.6) is 0 Å². The van der Waals surface area contributed by atoms with Crippen LogP contribution in [-0.2, 0) is 0 Å². The second-order valence-electron chi connectivity index (χ2n) is 0. The Balaban J connectivity index is -0.000000000925. The van der Waals surface area contributed by atoms with Crippen LogP contribution in [-0.4, -0.2) is 0 Å². The van der Waals surface area contributed by atoms with Crippen LogP contribution in [0.2, 0.25) is 9.88 Å². The topological polar surface area (TPSA) is 286 Å². The summed E-state index contributed by atoms with van der Waals surface area (Å²) in [5.41, 5.74) is 10.5. The number of rotatable bonds is 0. The molecule has 0 bridgehead atoms. The van der Waals surface area contributed by atoms with Gasteiger partial charge in [0.15, 0.2) is 0 Å². The first-order valence-corrected chi connectivity index (χ1v) is 1.28. The zero-order valence-electron chi connectivity index (χ0n) is 13.0. The van der Waals surface area contributed by atoms with Gasteiger partial charge in [0.1, 0.15) is 0 Å². The Bertz CT molecular complexity index is 198. The van der Waals surface area contributed by atoms with E-state index < -0.39 is 0 Å². The van der Waals surface area contributed by atoms with E-state index in [1.165, 1.54) is 39.1 Å². The van der Waals surface area contributed by atoms with E-state index in [-0.39, 0.29) is 260 Å². The van der Waals surface area contributed by atoms with Gasteiger partial charge in [0.25, 0.3) is 0 Å². The molecule has 0 fully saturated rings. The van der Waals surface area contributed by atoms with E-state index in [0.717, 1.165) is 0 Å². The van der Waals surface area contributed by atoms with E-state index in [0.29, 0.717) is 0 Å². The largest absolute Gasteiger partial charge is 0.239 e. The number of hydrogen-bond acceptors (Lipinski definition) is 14. The highest BCUT2D eigenvalue weighted by molar-refractivity contribution is 3.64. The number of nitrogens with one attached hydrogen (secondary N) is 7. The van der Waals surface area contributed by atoms with Crippen molar-refractivity contribution < 1.29 is 9.88 Å². The van der Waals surface area contributed by atoms with Gasteiger partial charge >= 0.3 is 0 Å². The first kappa shape index (κ1) is 752. The molecule has 0 radical (unpaired) electrons.